The van der Waals surface area contributed by atoms with Crippen LogP contribution in [-0.2, 0) is 6.42 Å². The molecule has 1 atom stereocenters. The van der Waals surface area contributed by atoms with Crippen LogP contribution in [-0.4, -0.2) is 5.91 Å². The van der Waals surface area contributed by atoms with Gasteiger partial charge in [0.1, 0.15) is 0 Å². The van der Waals surface area contributed by atoms with E-state index >= 15 is 0 Å². The molecule has 4 heteroatoms. The fourth-order valence-electron chi connectivity index (χ4n) is 2.32. The summed E-state index contributed by atoms with van der Waals surface area (Å²) < 4.78 is 0. The molecule has 0 aliphatic heterocycles. The minimum Gasteiger partial charge on any atom is -0.397 e. The summed E-state index contributed by atoms with van der Waals surface area (Å²) in [6.45, 7) is 4.33. The van der Waals surface area contributed by atoms with E-state index < -0.39 is 5.91 Å². The molecular formula is C15H23ClN2O. The lowest BCUT2D eigenvalue weighted by atomic mass is 9.89. The van der Waals surface area contributed by atoms with Crippen LogP contribution >= 0.6 is 11.6 Å². The number of primary amides is 1. The molecule has 0 saturated carbocycles. The highest BCUT2D eigenvalue weighted by Gasteiger charge is 2.17. The number of hydrogen-bond donors (Lipinski definition) is 2. The fraction of sp³-hybridized carbons (Fsp3) is 0.533. The number of nitrogen functional groups attached to an aromatic ring is 1. The highest BCUT2D eigenvalue weighted by molar-refractivity contribution is 6.33. The summed E-state index contributed by atoms with van der Waals surface area (Å²) in [7, 11) is 0. The summed E-state index contributed by atoms with van der Waals surface area (Å²) >= 11 is 6.04. The second kappa shape index (κ2) is 7.39. The Morgan fingerprint density at radius 3 is 2.58 bits per heavy atom. The van der Waals surface area contributed by atoms with E-state index in [9.17, 15) is 4.79 Å². The van der Waals surface area contributed by atoms with Crippen LogP contribution in [0, 0.1) is 5.92 Å². The van der Waals surface area contributed by atoms with Crippen molar-refractivity contribution in [3.63, 3.8) is 0 Å². The molecule has 1 aromatic carbocycles. The van der Waals surface area contributed by atoms with Crippen molar-refractivity contribution in [1.82, 2.24) is 0 Å². The fourth-order valence-corrected chi connectivity index (χ4v) is 2.50. The summed E-state index contributed by atoms with van der Waals surface area (Å²) in [5.74, 6) is 0.0718. The molecule has 1 aromatic rings. The molecule has 106 valence electrons. The summed E-state index contributed by atoms with van der Waals surface area (Å²) in [6, 6.07) is 3.30. The van der Waals surface area contributed by atoms with E-state index in [0.717, 1.165) is 24.8 Å². The van der Waals surface area contributed by atoms with Crippen molar-refractivity contribution in [2.75, 3.05) is 5.73 Å². The van der Waals surface area contributed by atoms with Gasteiger partial charge in [-0.25, -0.2) is 0 Å². The maximum atomic E-state index is 11.5. The SMILES string of the molecule is CCCCC(CC)Cc1c(C(N)=O)ccc(Cl)c1N. The molecule has 0 heterocycles. The number of anilines is 1. The Morgan fingerprint density at radius 1 is 1.37 bits per heavy atom. The zero-order valence-electron chi connectivity index (χ0n) is 11.7. The summed E-state index contributed by atoms with van der Waals surface area (Å²) in [6.07, 6.45) is 5.32. The smallest absolute Gasteiger partial charge is 0.249 e. The van der Waals surface area contributed by atoms with Crippen molar-refractivity contribution in [1.29, 1.82) is 0 Å². The zero-order chi connectivity index (χ0) is 14.4. The molecule has 0 aromatic heterocycles. The molecule has 19 heavy (non-hydrogen) atoms. The molecule has 0 spiro atoms. The Morgan fingerprint density at radius 2 is 2.05 bits per heavy atom. The standard InChI is InChI=1S/C15H23ClN2O/c1-3-5-6-10(4-2)9-12-11(15(18)19)7-8-13(16)14(12)17/h7-8,10H,3-6,9,17H2,1-2H3,(H2,18,19). The Labute approximate surface area is 120 Å². The number of carbonyl (C=O) groups excluding carboxylic acids is 1. The first-order valence-electron chi connectivity index (χ1n) is 6.87. The number of carbonyl (C=O) groups is 1. The van der Waals surface area contributed by atoms with Gasteiger partial charge in [-0.3, -0.25) is 4.79 Å². The predicted molar refractivity (Wildman–Crippen MR) is 81.4 cm³/mol. The van der Waals surface area contributed by atoms with E-state index in [0.29, 0.717) is 22.2 Å². The molecule has 0 saturated heterocycles. The van der Waals surface area contributed by atoms with Crippen LogP contribution in [0.3, 0.4) is 0 Å². The Balaban J connectivity index is 3.03. The molecule has 3 nitrogen and oxygen atoms in total. The van der Waals surface area contributed by atoms with E-state index in [1.807, 2.05) is 0 Å². The second-order valence-electron chi connectivity index (χ2n) is 4.97. The van der Waals surface area contributed by atoms with Crippen LogP contribution in [0.2, 0.25) is 5.02 Å². The molecule has 0 radical (unpaired) electrons. The molecule has 1 unspecified atom stereocenters. The Kier molecular flexibility index (Phi) is 6.16. The number of amides is 1. The highest BCUT2D eigenvalue weighted by atomic mass is 35.5. The van der Waals surface area contributed by atoms with Crippen LogP contribution in [0.5, 0.6) is 0 Å². The number of hydrogen-bond acceptors (Lipinski definition) is 2. The summed E-state index contributed by atoms with van der Waals surface area (Å²) in [4.78, 5) is 11.5. The first-order chi connectivity index (χ1) is 9.01. The van der Waals surface area contributed by atoms with E-state index in [1.165, 1.54) is 12.8 Å². The van der Waals surface area contributed by atoms with Gasteiger partial charge in [-0.2, -0.15) is 0 Å². The van der Waals surface area contributed by atoms with Crippen molar-refractivity contribution in [2.24, 2.45) is 11.7 Å². The monoisotopic (exact) mass is 282 g/mol. The quantitative estimate of drug-likeness (QED) is 0.747. The van der Waals surface area contributed by atoms with Gasteiger partial charge in [0.25, 0.3) is 0 Å². The van der Waals surface area contributed by atoms with Gasteiger partial charge < -0.3 is 11.5 Å². The molecule has 0 bridgehead atoms. The van der Waals surface area contributed by atoms with Crippen molar-refractivity contribution in [2.45, 2.75) is 46.0 Å². The number of nitrogens with two attached hydrogens (primary N) is 2. The third kappa shape index (κ3) is 4.13. The van der Waals surface area contributed by atoms with Crippen molar-refractivity contribution < 1.29 is 4.79 Å². The number of unbranched alkanes of at least 4 members (excludes halogenated alkanes) is 1. The first-order valence-corrected chi connectivity index (χ1v) is 7.25. The van der Waals surface area contributed by atoms with Crippen molar-refractivity contribution >= 4 is 23.2 Å². The predicted octanol–water partition coefficient (Wildman–Crippen LogP) is 3.78. The molecule has 0 aliphatic rings. The largest absolute Gasteiger partial charge is 0.397 e. The highest BCUT2D eigenvalue weighted by Crippen LogP contribution is 2.30. The molecule has 1 amide bonds. The lowest BCUT2D eigenvalue weighted by Crippen LogP contribution is -2.17. The molecule has 1 rings (SSSR count). The van der Waals surface area contributed by atoms with Crippen LogP contribution in [0.15, 0.2) is 12.1 Å². The molecular weight excluding hydrogens is 260 g/mol. The molecule has 4 N–H and O–H groups in total. The summed E-state index contributed by atoms with van der Waals surface area (Å²) in [5.41, 5.74) is 13.2. The average molecular weight is 283 g/mol. The Hall–Kier alpha value is -1.22. The maximum Gasteiger partial charge on any atom is 0.249 e. The minimum absolute atomic E-state index is 0.441. The van der Waals surface area contributed by atoms with Crippen LogP contribution in [0.4, 0.5) is 5.69 Å². The van der Waals surface area contributed by atoms with E-state index in [1.54, 1.807) is 12.1 Å². The van der Waals surface area contributed by atoms with Crippen molar-refractivity contribution in [3.05, 3.63) is 28.3 Å². The van der Waals surface area contributed by atoms with Gasteiger partial charge >= 0.3 is 0 Å². The summed E-state index contributed by atoms with van der Waals surface area (Å²) in [5, 5.41) is 0.491. The van der Waals surface area contributed by atoms with Crippen LogP contribution in [0.1, 0.15) is 55.5 Å². The zero-order valence-corrected chi connectivity index (χ0v) is 12.5. The average Bonchev–Trinajstić information content (AvgIpc) is 2.38. The van der Waals surface area contributed by atoms with Gasteiger partial charge in [0, 0.05) is 5.56 Å². The topological polar surface area (TPSA) is 69.1 Å². The van der Waals surface area contributed by atoms with Gasteiger partial charge in [-0.05, 0) is 30.0 Å². The maximum absolute atomic E-state index is 11.5. The van der Waals surface area contributed by atoms with Gasteiger partial charge in [0.05, 0.1) is 10.7 Å². The third-order valence-corrected chi connectivity index (χ3v) is 3.93. The first kappa shape index (κ1) is 15.8. The van der Waals surface area contributed by atoms with E-state index in [-0.39, 0.29) is 0 Å². The number of benzene rings is 1. The van der Waals surface area contributed by atoms with Gasteiger partial charge in [-0.1, -0.05) is 51.1 Å². The molecule has 0 fully saturated rings. The minimum atomic E-state index is -0.441. The third-order valence-electron chi connectivity index (χ3n) is 3.61. The van der Waals surface area contributed by atoms with E-state index in [4.69, 9.17) is 23.1 Å². The lowest BCUT2D eigenvalue weighted by molar-refractivity contribution is 0.0999. The number of halogens is 1. The van der Waals surface area contributed by atoms with Gasteiger partial charge in [0.2, 0.25) is 5.91 Å². The van der Waals surface area contributed by atoms with E-state index in [2.05, 4.69) is 13.8 Å². The normalized spacial score (nSPS) is 12.4. The number of rotatable bonds is 7. The lowest BCUT2D eigenvalue weighted by Gasteiger charge is -2.18. The van der Waals surface area contributed by atoms with Crippen molar-refractivity contribution in [3.8, 4) is 0 Å². The van der Waals surface area contributed by atoms with Gasteiger partial charge in [-0.15, -0.1) is 0 Å². The van der Waals surface area contributed by atoms with Crippen LogP contribution < -0.4 is 11.5 Å². The second-order valence-corrected chi connectivity index (χ2v) is 5.38. The van der Waals surface area contributed by atoms with Crippen LogP contribution in [0.25, 0.3) is 0 Å². The van der Waals surface area contributed by atoms with Gasteiger partial charge in [0.15, 0.2) is 0 Å². The Bertz CT molecular complexity index is 446. The molecule has 0 aliphatic carbocycles.